The number of carbonyl (C=O) groups excluding carboxylic acids is 4. The zero-order valence-corrected chi connectivity index (χ0v) is 29.1. The molecule has 0 aromatic heterocycles. The summed E-state index contributed by atoms with van der Waals surface area (Å²) >= 11 is 0. The number of carboxylic acid groups (broad SMARTS) is 1. The first kappa shape index (κ1) is 40.1. The summed E-state index contributed by atoms with van der Waals surface area (Å²) in [5.41, 5.74) is 1.15. The summed E-state index contributed by atoms with van der Waals surface area (Å²) in [7, 11) is 1.55. The Hall–Kier alpha value is -4.67. The van der Waals surface area contributed by atoms with E-state index in [1.165, 1.54) is 16.3 Å². The molecule has 2 aromatic rings. The van der Waals surface area contributed by atoms with Gasteiger partial charge >= 0.3 is 29.6 Å². The van der Waals surface area contributed by atoms with Gasteiger partial charge in [0.05, 0.1) is 12.1 Å². The van der Waals surface area contributed by atoms with Gasteiger partial charge in [0.25, 0.3) is 0 Å². The number of hydrogen-bond acceptors (Lipinski definition) is 6. The Morgan fingerprint density at radius 1 is 0.904 bits per heavy atom. The van der Waals surface area contributed by atoms with E-state index in [1.807, 2.05) is 24.3 Å². The maximum absolute atomic E-state index is 14.4. The fourth-order valence-electron chi connectivity index (χ4n) is 6.20. The van der Waals surface area contributed by atoms with E-state index in [0.29, 0.717) is 12.0 Å². The Morgan fingerprint density at radius 2 is 1.56 bits per heavy atom. The Bertz CT molecular complexity index is 1730. The summed E-state index contributed by atoms with van der Waals surface area (Å²) in [4.78, 5) is 65.5. The molecule has 0 saturated carbocycles. The van der Waals surface area contributed by atoms with Gasteiger partial charge < -0.3 is 31.3 Å². The Labute approximate surface area is 295 Å². The van der Waals surface area contributed by atoms with Gasteiger partial charge in [-0.3, -0.25) is 19.2 Å². The summed E-state index contributed by atoms with van der Waals surface area (Å²) in [6.07, 6.45) is 2.14. The van der Waals surface area contributed by atoms with E-state index in [4.69, 9.17) is 5.11 Å². The van der Waals surface area contributed by atoms with Gasteiger partial charge in [0, 0.05) is 18.7 Å². The standard InChI is InChI=1S/C35H41F6N5O6/c1-18(42-5)27(47)45-26(32(2,3)4)29(49)46-17-21-15-22(43-30(50)33(36,37)35(40,41)34(38,39)31(51)52)14-13-20(21)16-25(46)28(48)44-24-12-8-10-19-9-6-7-11-23(19)24/h6-7,9,11,13-15,18,24-26,42H,8,10,12,16-17H2,1-5H3,(H,43,50)(H,44,48)(H,45,47)(H,51,52)/t18-,24+,25-,26+/m0/s1. The average Bonchev–Trinajstić information content (AvgIpc) is 3.08. The molecule has 1 heterocycles. The number of aryl methyl sites for hydroxylation is 1. The summed E-state index contributed by atoms with van der Waals surface area (Å²) in [5.74, 6) is -27.2. The highest BCUT2D eigenvalue weighted by molar-refractivity contribution is 5.98. The molecule has 5 N–H and O–H groups in total. The molecule has 4 rings (SSSR count). The number of likely N-dealkylation sites (N-methyl/N-ethyl adjacent to an activating group) is 1. The first-order chi connectivity index (χ1) is 24.0. The van der Waals surface area contributed by atoms with Crippen LogP contribution in [0.2, 0.25) is 0 Å². The number of benzene rings is 2. The number of anilines is 1. The molecule has 1 aliphatic carbocycles. The fourth-order valence-corrected chi connectivity index (χ4v) is 6.20. The number of carbonyl (C=O) groups is 5. The summed E-state index contributed by atoms with van der Waals surface area (Å²) in [6, 6.07) is 7.60. The van der Waals surface area contributed by atoms with Crippen LogP contribution in [0.5, 0.6) is 0 Å². The highest BCUT2D eigenvalue weighted by atomic mass is 19.3. The number of hydrogen-bond donors (Lipinski definition) is 5. The maximum Gasteiger partial charge on any atom is 0.411 e. The van der Waals surface area contributed by atoms with Gasteiger partial charge in [0.15, 0.2) is 0 Å². The molecule has 0 saturated heterocycles. The maximum atomic E-state index is 14.4. The third kappa shape index (κ3) is 7.73. The lowest BCUT2D eigenvalue weighted by Crippen LogP contribution is -2.62. The van der Waals surface area contributed by atoms with Gasteiger partial charge in [-0.25, -0.2) is 4.79 Å². The molecule has 2 aromatic carbocycles. The largest absolute Gasteiger partial charge is 0.477 e. The van der Waals surface area contributed by atoms with Crippen LogP contribution in [0.25, 0.3) is 0 Å². The number of aliphatic carboxylic acids is 1. The molecule has 4 amide bonds. The van der Waals surface area contributed by atoms with Gasteiger partial charge in [-0.05, 0) is 73.0 Å². The molecule has 0 radical (unpaired) electrons. The SMILES string of the molecule is CN[C@@H](C)C(=O)N[C@H](C(=O)N1Cc2cc(NC(=O)C(F)(F)C(F)(F)C(F)(F)C(=O)O)ccc2C[C@H]1C(=O)N[C@@H]1CCCc2ccccc21)C(C)(C)C. The second-order valence-electron chi connectivity index (χ2n) is 14.1. The van der Waals surface area contributed by atoms with Gasteiger partial charge in [-0.1, -0.05) is 51.1 Å². The molecule has 11 nitrogen and oxygen atoms in total. The van der Waals surface area contributed by atoms with Crippen molar-refractivity contribution in [2.24, 2.45) is 5.41 Å². The Morgan fingerprint density at radius 3 is 2.17 bits per heavy atom. The van der Waals surface area contributed by atoms with Crippen molar-refractivity contribution in [1.29, 1.82) is 0 Å². The number of nitrogens with zero attached hydrogens (tertiary/aromatic N) is 1. The number of amides is 4. The van der Waals surface area contributed by atoms with Crippen LogP contribution in [0.1, 0.15) is 68.8 Å². The lowest BCUT2D eigenvalue weighted by Gasteiger charge is -2.42. The third-order valence-electron chi connectivity index (χ3n) is 9.43. The van der Waals surface area contributed by atoms with Crippen molar-refractivity contribution in [3.8, 4) is 0 Å². The molecular weight excluding hydrogens is 700 g/mol. The minimum absolute atomic E-state index is 0.119. The van der Waals surface area contributed by atoms with E-state index >= 15 is 0 Å². The van der Waals surface area contributed by atoms with Crippen molar-refractivity contribution in [2.75, 3.05) is 12.4 Å². The number of nitrogens with one attached hydrogen (secondary N) is 4. The van der Waals surface area contributed by atoms with Crippen LogP contribution in [-0.2, 0) is 43.4 Å². The van der Waals surface area contributed by atoms with E-state index in [1.54, 1.807) is 34.7 Å². The average molecular weight is 742 g/mol. The molecule has 4 atom stereocenters. The molecule has 2 aliphatic rings. The van der Waals surface area contributed by atoms with E-state index in [2.05, 4.69) is 16.0 Å². The smallest absolute Gasteiger partial charge is 0.411 e. The van der Waals surface area contributed by atoms with Gasteiger partial charge in [0.2, 0.25) is 17.7 Å². The van der Waals surface area contributed by atoms with Gasteiger partial charge in [-0.2, -0.15) is 26.3 Å². The molecule has 0 fully saturated rings. The second-order valence-corrected chi connectivity index (χ2v) is 14.1. The van der Waals surface area contributed by atoms with Crippen molar-refractivity contribution in [3.63, 3.8) is 0 Å². The first-order valence-electron chi connectivity index (χ1n) is 16.5. The number of fused-ring (bicyclic) bond motifs is 2. The Kier molecular flexibility index (Phi) is 11.4. The summed E-state index contributed by atoms with van der Waals surface area (Å²) < 4.78 is 84.1. The summed E-state index contributed by atoms with van der Waals surface area (Å²) in [5, 5.41) is 18.4. The number of alkyl halides is 6. The van der Waals surface area contributed by atoms with Crippen LogP contribution in [0.15, 0.2) is 42.5 Å². The zero-order valence-electron chi connectivity index (χ0n) is 29.1. The first-order valence-corrected chi connectivity index (χ1v) is 16.5. The normalized spacial score (nSPS) is 19.0. The van der Waals surface area contributed by atoms with Crippen LogP contribution in [-0.4, -0.2) is 82.5 Å². The fraction of sp³-hybridized carbons (Fsp3) is 0.514. The third-order valence-corrected chi connectivity index (χ3v) is 9.43. The molecule has 1 aliphatic heterocycles. The molecule has 0 spiro atoms. The minimum atomic E-state index is -6.61. The quantitative estimate of drug-likeness (QED) is 0.216. The van der Waals surface area contributed by atoms with E-state index in [-0.39, 0.29) is 24.6 Å². The predicted octanol–water partition coefficient (Wildman–Crippen LogP) is 4.20. The van der Waals surface area contributed by atoms with Crippen LogP contribution < -0.4 is 21.3 Å². The molecule has 17 heteroatoms. The van der Waals surface area contributed by atoms with Crippen molar-refractivity contribution in [3.05, 3.63) is 64.7 Å². The zero-order chi connectivity index (χ0) is 39.0. The van der Waals surface area contributed by atoms with Crippen LogP contribution in [0.4, 0.5) is 32.0 Å². The van der Waals surface area contributed by atoms with E-state index < -0.39 is 76.6 Å². The monoisotopic (exact) mass is 741 g/mol. The molecular formula is C35H41F6N5O6. The molecule has 0 bridgehead atoms. The Balaban J connectivity index is 1.69. The van der Waals surface area contributed by atoms with E-state index in [9.17, 15) is 50.3 Å². The van der Waals surface area contributed by atoms with Crippen LogP contribution >= 0.6 is 0 Å². The van der Waals surface area contributed by atoms with Gasteiger partial charge in [-0.15, -0.1) is 0 Å². The van der Waals surface area contributed by atoms with Crippen LogP contribution in [0.3, 0.4) is 0 Å². The molecule has 284 valence electrons. The van der Waals surface area contributed by atoms with Crippen molar-refractivity contribution >= 4 is 35.3 Å². The minimum Gasteiger partial charge on any atom is -0.477 e. The second kappa shape index (κ2) is 14.8. The topological polar surface area (TPSA) is 157 Å². The molecule has 0 unspecified atom stereocenters. The van der Waals surface area contributed by atoms with E-state index in [0.717, 1.165) is 36.1 Å². The predicted molar refractivity (Wildman–Crippen MR) is 176 cm³/mol. The number of carboxylic acids is 1. The van der Waals surface area contributed by atoms with Crippen molar-refractivity contribution in [1.82, 2.24) is 20.9 Å². The summed E-state index contributed by atoms with van der Waals surface area (Å²) in [6.45, 7) is 6.30. The van der Waals surface area contributed by atoms with Gasteiger partial charge in [0.1, 0.15) is 12.1 Å². The highest BCUT2D eigenvalue weighted by Crippen LogP contribution is 2.46. The molecule has 52 heavy (non-hydrogen) atoms. The number of halogens is 6. The van der Waals surface area contributed by atoms with Crippen molar-refractivity contribution < 1.29 is 55.4 Å². The highest BCUT2D eigenvalue weighted by Gasteiger charge is 2.78. The lowest BCUT2D eigenvalue weighted by atomic mass is 9.83. The van der Waals surface area contributed by atoms with Crippen molar-refractivity contribution in [2.45, 2.75) is 102 Å². The van der Waals surface area contributed by atoms with Crippen LogP contribution in [0, 0.1) is 5.41 Å². The lowest BCUT2D eigenvalue weighted by molar-refractivity contribution is -0.291. The number of rotatable bonds is 11.